The summed E-state index contributed by atoms with van der Waals surface area (Å²) in [6, 6.07) is 47.5. The van der Waals surface area contributed by atoms with Crippen LogP contribution in [0.3, 0.4) is 0 Å². The van der Waals surface area contributed by atoms with E-state index in [1.165, 1.54) is 38.0 Å². The zero-order valence-corrected chi connectivity index (χ0v) is 22.6. The third-order valence-corrected chi connectivity index (χ3v) is 8.42. The van der Waals surface area contributed by atoms with Crippen molar-refractivity contribution >= 4 is 54.4 Å². The van der Waals surface area contributed by atoms with Crippen LogP contribution in [0.15, 0.2) is 146 Å². The van der Waals surface area contributed by atoms with E-state index in [0.717, 1.165) is 39.2 Å². The molecule has 0 bridgehead atoms. The van der Waals surface area contributed by atoms with Gasteiger partial charge in [0.1, 0.15) is 5.82 Å². The molecule has 9 aromatic rings. The number of hydrogen-bond donors (Lipinski definition) is 0. The van der Waals surface area contributed by atoms with E-state index in [2.05, 4.69) is 135 Å². The van der Waals surface area contributed by atoms with Gasteiger partial charge >= 0.3 is 0 Å². The maximum absolute atomic E-state index is 5.32. The molecule has 4 heteroatoms. The Kier molecular flexibility index (Phi) is 4.87. The first-order valence-corrected chi connectivity index (χ1v) is 14.2. The Labute approximate surface area is 241 Å². The number of aromatic nitrogens is 4. The molecule has 0 spiro atoms. The predicted molar refractivity (Wildman–Crippen MR) is 174 cm³/mol. The highest BCUT2D eigenvalue weighted by Crippen LogP contribution is 2.39. The van der Waals surface area contributed by atoms with Gasteiger partial charge in [0.2, 0.25) is 0 Å². The van der Waals surface area contributed by atoms with Crippen LogP contribution in [0.1, 0.15) is 0 Å². The SMILES string of the molecule is c1ccc2c(c1)c1ccccc1c1c2nc(-c2ccncc2)n1-c1ccc(-n2c3ccccc3c3ccccc32)cc1. The largest absolute Gasteiger partial charge is 0.309 e. The fraction of sp³-hybridized carbons (Fsp3) is 0. The standard InChI is InChI=1S/C38H24N4/c1-3-13-32-28(9-1)29-10-2-4-14-33(29)37-36(32)40-38(25-21-23-39-24-22-25)42(37)27-19-17-26(18-20-27)41-34-15-7-5-11-30(34)31-12-6-8-16-35(31)41/h1-24H. The molecule has 0 fully saturated rings. The fourth-order valence-corrected chi connectivity index (χ4v) is 6.60. The van der Waals surface area contributed by atoms with Gasteiger partial charge < -0.3 is 4.57 Å². The highest BCUT2D eigenvalue weighted by Gasteiger charge is 2.20. The first kappa shape index (κ1) is 23.0. The van der Waals surface area contributed by atoms with Crippen LogP contribution >= 0.6 is 0 Å². The van der Waals surface area contributed by atoms with Crippen LogP contribution in [0.5, 0.6) is 0 Å². The summed E-state index contributed by atoms with van der Waals surface area (Å²) in [4.78, 5) is 9.60. The van der Waals surface area contributed by atoms with Crippen molar-refractivity contribution in [2.45, 2.75) is 0 Å². The number of nitrogens with zero attached hydrogens (tertiary/aromatic N) is 4. The van der Waals surface area contributed by atoms with Gasteiger partial charge in [-0.05, 0) is 59.3 Å². The zero-order valence-electron chi connectivity index (χ0n) is 22.6. The van der Waals surface area contributed by atoms with E-state index in [1.54, 1.807) is 0 Å². The lowest BCUT2D eigenvalue weighted by Crippen LogP contribution is -2.00. The summed E-state index contributed by atoms with van der Waals surface area (Å²) in [7, 11) is 0. The van der Waals surface area contributed by atoms with Gasteiger partial charge in [-0.3, -0.25) is 9.55 Å². The van der Waals surface area contributed by atoms with Gasteiger partial charge in [0.15, 0.2) is 0 Å². The summed E-state index contributed by atoms with van der Waals surface area (Å²) >= 11 is 0. The first-order valence-electron chi connectivity index (χ1n) is 14.2. The average molecular weight is 537 g/mol. The van der Waals surface area contributed by atoms with Crippen LogP contribution in [-0.4, -0.2) is 19.1 Å². The van der Waals surface area contributed by atoms with Gasteiger partial charge in [-0.1, -0.05) is 84.9 Å². The smallest absolute Gasteiger partial charge is 0.145 e. The molecule has 0 radical (unpaired) electrons. The van der Waals surface area contributed by atoms with Gasteiger partial charge in [-0.2, -0.15) is 0 Å². The van der Waals surface area contributed by atoms with Crippen molar-refractivity contribution < 1.29 is 0 Å². The molecule has 0 aliphatic heterocycles. The summed E-state index contributed by atoms with van der Waals surface area (Å²) in [5.74, 6) is 0.901. The molecule has 4 nitrogen and oxygen atoms in total. The van der Waals surface area contributed by atoms with Gasteiger partial charge in [0.05, 0.1) is 22.1 Å². The normalized spacial score (nSPS) is 11.8. The third kappa shape index (κ3) is 3.23. The van der Waals surface area contributed by atoms with Crippen LogP contribution < -0.4 is 0 Å². The van der Waals surface area contributed by atoms with Crippen LogP contribution in [-0.2, 0) is 0 Å². The van der Waals surface area contributed by atoms with Gasteiger partial charge in [-0.15, -0.1) is 0 Å². The van der Waals surface area contributed by atoms with Crippen molar-refractivity contribution in [3.05, 3.63) is 146 Å². The molecular formula is C38H24N4. The minimum absolute atomic E-state index is 0.901. The Balaban J connectivity index is 1.35. The molecule has 196 valence electrons. The summed E-state index contributed by atoms with van der Waals surface area (Å²) in [6.07, 6.45) is 3.67. The van der Waals surface area contributed by atoms with E-state index < -0.39 is 0 Å². The van der Waals surface area contributed by atoms with Crippen molar-refractivity contribution in [2.75, 3.05) is 0 Å². The van der Waals surface area contributed by atoms with Crippen LogP contribution in [0.2, 0.25) is 0 Å². The van der Waals surface area contributed by atoms with Crippen molar-refractivity contribution in [3.8, 4) is 22.8 Å². The van der Waals surface area contributed by atoms with E-state index >= 15 is 0 Å². The Hall–Kier alpha value is -5.74. The Bertz CT molecular complexity index is 2400. The third-order valence-electron chi connectivity index (χ3n) is 8.42. The van der Waals surface area contributed by atoms with Crippen molar-refractivity contribution in [1.29, 1.82) is 0 Å². The lowest BCUT2D eigenvalue weighted by molar-refractivity contribution is 1.09. The summed E-state index contributed by atoms with van der Waals surface area (Å²) in [5.41, 5.74) is 7.74. The Morgan fingerprint density at radius 1 is 0.405 bits per heavy atom. The highest BCUT2D eigenvalue weighted by molar-refractivity contribution is 6.24. The number of para-hydroxylation sites is 2. The minimum atomic E-state index is 0.901. The lowest BCUT2D eigenvalue weighted by Gasteiger charge is -2.14. The molecule has 9 rings (SSSR count). The molecule has 0 atom stereocenters. The molecule has 0 N–H and O–H groups in total. The van der Waals surface area contributed by atoms with E-state index in [-0.39, 0.29) is 0 Å². The van der Waals surface area contributed by atoms with Crippen molar-refractivity contribution in [3.63, 3.8) is 0 Å². The summed E-state index contributed by atoms with van der Waals surface area (Å²) < 4.78 is 4.67. The van der Waals surface area contributed by atoms with Crippen molar-refractivity contribution in [2.24, 2.45) is 0 Å². The van der Waals surface area contributed by atoms with Gasteiger partial charge in [0, 0.05) is 50.9 Å². The molecule has 42 heavy (non-hydrogen) atoms. The van der Waals surface area contributed by atoms with E-state index in [9.17, 15) is 0 Å². The number of imidazole rings is 1. The Morgan fingerprint density at radius 2 is 0.881 bits per heavy atom. The topological polar surface area (TPSA) is 35.6 Å². The molecule has 3 aromatic heterocycles. The molecule has 0 unspecified atom stereocenters. The summed E-state index contributed by atoms with van der Waals surface area (Å²) in [6.45, 7) is 0. The predicted octanol–water partition coefficient (Wildman–Crippen LogP) is 9.49. The molecule has 0 amide bonds. The Morgan fingerprint density at radius 3 is 1.50 bits per heavy atom. The lowest BCUT2D eigenvalue weighted by atomic mass is 10.00. The monoisotopic (exact) mass is 536 g/mol. The molecule has 6 aromatic carbocycles. The van der Waals surface area contributed by atoms with Crippen LogP contribution in [0, 0.1) is 0 Å². The number of rotatable bonds is 3. The van der Waals surface area contributed by atoms with E-state index in [0.29, 0.717) is 0 Å². The number of benzene rings is 6. The minimum Gasteiger partial charge on any atom is -0.309 e. The zero-order chi connectivity index (χ0) is 27.6. The number of pyridine rings is 1. The molecular weight excluding hydrogens is 512 g/mol. The molecule has 0 aliphatic carbocycles. The van der Waals surface area contributed by atoms with Gasteiger partial charge in [0.25, 0.3) is 0 Å². The molecule has 3 heterocycles. The van der Waals surface area contributed by atoms with E-state index in [1.807, 2.05) is 24.5 Å². The highest BCUT2D eigenvalue weighted by atomic mass is 15.1. The first-order chi connectivity index (χ1) is 20.9. The van der Waals surface area contributed by atoms with Crippen molar-refractivity contribution in [1.82, 2.24) is 19.1 Å². The quantitative estimate of drug-likeness (QED) is 0.211. The van der Waals surface area contributed by atoms with Crippen LogP contribution in [0.4, 0.5) is 0 Å². The maximum atomic E-state index is 5.32. The number of fused-ring (bicyclic) bond motifs is 9. The second-order valence-electron chi connectivity index (χ2n) is 10.7. The second kappa shape index (κ2) is 8.88. The fourth-order valence-electron chi connectivity index (χ4n) is 6.60. The molecule has 0 saturated heterocycles. The maximum Gasteiger partial charge on any atom is 0.145 e. The van der Waals surface area contributed by atoms with Gasteiger partial charge in [-0.25, -0.2) is 4.98 Å². The number of hydrogen-bond acceptors (Lipinski definition) is 2. The van der Waals surface area contributed by atoms with E-state index in [4.69, 9.17) is 4.98 Å². The van der Waals surface area contributed by atoms with Crippen LogP contribution in [0.25, 0.3) is 77.1 Å². The average Bonchev–Trinajstić information content (AvgIpc) is 3.63. The molecule has 0 aliphatic rings. The summed E-state index contributed by atoms with van der Waals surface area (Å²) in [5, 5.41) is 7.30. The second-order valence-corrected chi connectivity index (χ2v) is 10.7. The molecule has 0 saturated carbocycles.